The van der Waals surface area contributed by atoms with Gasteiger partial charge in [0.05, 0.1) is 37.9 Å². The number of amides is 1. The highest BCUT2D eigenvalue weighted by atomic mass is 31.2. The summed E-state index contributed by atoms with van der Waals surface area (Å²) in [6.07, 6.45) is 38.7. The molecule has 53 heavy (non-hydrogen) atoms. The molecule has 0 aromatic rings. The molecule has 0 aliphatic rings. The molecular weight excluding hydrogens is 687 g/mol. The molecular formula is C43H89N2O7P. The number of unbranched alkanes of at least 4 members (excludes halogenated alkanes) is 29. The van der Waals surface area contributed by atoms with Gasteiger partial charge in [0.2, 0.25) is 5.91 Å². The van der Waals surface area contributed by atoms with E-state index in [4.69, 9.17) is 14.8 Å². The van der Waals surface area contributed by atoms with Crippen LogP contribution >= 0.6 is 7.82 Å². The van der Waals surface area contributed by atoms with Crippen LogP contribution in [0.4, 0.5) is 0 Å². The van der Waals surface area contributed by atoms with E-state index >= 15 is 0 Å². The van der Waals surface area contributed by atoms with E-state index in [0.29, 0.717) is 12.8 Å². The fourth-order valence-corrected chi connectivity index (χ4v) is 7.82. The van der Waals surface area contributed by atoms with Crippen molar-refractivity contribution in [3.63, 3.8) is 0 Å². The Bertz CT molecular complexity index is 822. The van der Waals surface area contributed by atoms with Crippen LogP contribution in [0.3, 0.4) is 0 Å². The molecule has 0 aliphatic carbocycles. The zero-order valence-electron chi connectivity index (χ0n) is 34.9. The highest BCUT2D eigenvalue weighted by Crippen LogP contribution is 2.43. The third-order valence-corrected chi connectivity index (χ3v) is 11.5. The van der Waals surface area contributed by atoms with Gasteiger partial charge in [-0.1, -0.05) is 213 Å². The Hall–Kier alpha value is -0.540. The number of aliphatic hydroxyl groups excluding tert-OH is 2. The average Bonchev–Trinajstić information content (AvgIpc) is 3.13. The van der Waals surface area contributed by atoms with Crippen molar-refractivity contribution in [2.75, 3.05) is 19.8 Å². The molecule has 0 aromatic heterocycles. The highest BCUT2D eigenvalue weighted by Gasteiger charge is 2.28. The molecule has 0 aromatic carbocycles. The molecule has 0 heterocycles. The molecule has 0 bridgehead atoms. The van der Waals surface area contributed by atoms with Gasteiger partial charge in [0.15, 0.2) is 0 Å². The van der Waals surface area contributed by atoms with E-state index < -0.39 is 32.0 Å². The molecule has 10 heteroatoms. The number of phosphoric ester groups is 1. The fourth-order valence-electron chi connectivity index (χ4n) is 7.06. The minimum atomic E-state index is -4.37. The lowest BCUT2D eigenvalue weighted by Crippen LogP contribution is -2.47. The van der Waals surface area contributed by atoms with Crippen LogP contribution in [-0.2, 0) is 18.4 Å². The van der Waals surface area contributed by atoms with Crippen LogP contribution in [0, 0.1) is 0 Å². The van der Waals surface area contributed by atoms with Crippen LogP contribution in [0.2, 0.25) is 0 Å². The van der Waals surface area contributed by atoms with Gasteiger partial charge in [-0.3, -0.25) is 13.8 Å². The third-order valence-electron chi connectivity index (χ3n) is 10.5. The Balaban J connectivity index is 4.15. The first-order chi connectivity index (χ1) is 25.8. The van der Waals surface area contributed by atoms with Gasteiger partial charge in [-0.2, -0.15) is 0 Å². The van der Waals surface area contributed by atoms with Crippen molar-refractivity contribution in [1.29, 1.82) is 0 Å². The minimum absolute atomic E-state index is 0.0626. The van der Waals surface area contributed by atoms with Crippen molar-refractivity contribution in [3.05, 3.63) is 0 Å². The molecule has 4 atom stereocenters. The zero-order valence-corrected chi connectivity index (χ0v) is 35.8. The molecule has 0 saturated heterocycles. The Morgan fingerprint density at radius 3 is 1.26 bits per heavy atom. The van der Waals surface area contributed by atoms with Crippen LogP contribution in [-0.4, -0.2) is 59.0 Å². The summed E-state index contributed by atoms with van der Waals surface area (Å²) in [6.45, 7) is 4.06. The van der Waals surface area contributed by atoms with E-state index in [0.717, 1.165) is 38.5 Å². The van der Waals surface area contributed by atoms with E-state index in [1.807, 2.05) is 0 Å². The first-order valence-electron chi connectivity index (χ1n) is 22.7. The monoisotopic (exact) mass is 777 g/mol. The molecule has 318 valence electrons. The third kappa shape index (κ3) is 38.1. The second-order valence-electron chi connectivity index (χ2n) is 15.8. The van der Waals surface area contributed by atoms with E-state index in [1.54, 1.807) is 0 Å². The summed E-state index contributed by atoms with van der Waals surface area (Å²) in [5, 5.41) is 24.1. The number of rotatable bonds is 43. The first-order valence-corrected chi connectivity index (χ1v) is 24.2. The molecule has 0 spiro atoms. The quantitative estimate of drug-likeness (QED) is 0.0303. The molecule has 6 N–H and O–H groups in total. The van der Waals surface area contributed by atoms with Crippen LogP contribution < -0.4 is 11.1 Å². The Morgan fingerprint density at radius 1 is 0.566 bits per heavy atom. The van der Waals surface area contributed by atoms with Gasteiger partial charge in [0.25, 0.3) is 0 Å². The summed E-state index contributed by atoms with van der Waals surface area (Å²) in [6, 6.07) is -0.890. The molecule has 1 amide bonds. The van der Waals surface area contributed by atoms with Gasteiger partial charge in [0, 0.05) is 6.54 Å². The maximum atomic E-state index is 12.8. The Labute approximate surface area is 327 Å². The lowest BCUT2D eigenvalue weighted by atomic mass is 10.0. The van der Waals surface area contributed by atoms with Crippen molar-refractivity contribution in [3.8, 4) is 0 Å². The number of aliphatic hydroxyl groups is 2. The Kier molecular flexibility index (Phi) is 39.3. The van der Waals surface area contributed by atoms with E-state index in [9.17, 15) is 24.5 Å². The van der Waals surface area contributed by atoms with Crippen LogP contribution in [0.5, 0.6) is 0 Å². The summed E-state index contributed by atoms with van der Waals surface area (Å²) in [5.41, 5.74) is 5.37. The van der Waals surface area contributed by atoms with Gasteiger partial charge in [-0.05, 0) is 12.8 Å². The number of phosphoric acid groups is 1. The lowest BCUT2D eigenvalue weighted by Gasteiger charge is -2.25. The fraction of sp³-hybridized carbons (Fsp3) is 0.977. The van der Waals surface area contributed by atoms with Crippen LogP contribution in [0.25, 0.3) is 0 Å². The topological polar surface area (TPSA) is 151 Å². The van der Waals surface area contributed by atoms with Crippen LogP contribution in [0.1, 0.15) is 232 Å². The van der Waals surface area contributed by atoms with E-state index in [1.165, 1.54) is 161 Å². The first kappa shape index (κ1) is 52.5. The second kappa shape index (κ2) is 39.7. The predicted molar refractivity (Wildman–Crippen MR) is 223 cm³/mol. The molecule has 0 rings (SSSR count). The summed E-state index contributed by atoms with van der Waals surface area (Å²) in [4.78, 5) is 22.8. The Morgan fingerprint density at radius 2 is 0.906 bits per heavy atom. The number of hydrogen-bond acceptors (Lipinski definition) is 7. The standard InChI is InChI=1S/C43H89N2O7P/c1-3-5-7-9-11-13-15-16-17-18-19-20-21-22-23-24-25-27-29-31-33-35-42(47)41(39-52-53(49,50)51-37-36-44)45-43(48)38-40(46)34-32-30-28-26-14-12-10-8-6-4-2/h40-42,46-47H,3-39,44H2,1-2H3,(H,45,48)(H,49,50). The lowest BCUT2D eigenvalue weighted by molar-refractivity contribution is -0.125. The van der Waals surface area contributed by atoms with Gasteiger partial charge < -0.3 is 26.2 Å². The number of nitrogens with two attached hydrogens (primary N) is 1. The van der Waals surface area contributed by atoms with E-state index in [2.05, 4.69) is 19.2 Å². The normalized spacial score (nSPS) is 14.6. The van der Waals surface area contributed by atoms with Crippen molar-refractivity contribution < 1.29 is 33.5 Å². The summed E-state index contributed by atoms with van der Waals surface area (Å²) >= 11 is 0. The van der Waals surface area contributed by atoms with Crippen molar-refractivity contribution in [2.45, 2.75) is 250 Å². The highest BCUT2D eigenvalue weighted by molar-refractivity contribution is 7.47. The number of carbonyl (C=O) groups excluding carboxylic acids is 1. The number of nitrogens with one attached hydrogen (secondary N) is 1. The molecule has 0 fully saturated rings. The summed E-state index contributed by atoms with van der Waals surface area (Å²) < 4.78 is 22.1. The summed E-state index contributed by atoms with van der Waals surface area (Å²) in [5.74, 6) is -0.410. The molecule has 0 saturated carbocycles. The van der Waals surface area contributed by atoms with Gasteiger partial charge >= 0.3 is 7.82 Å². The smallest absolute Gasteiger partial charge is 0.393 e. The van der Waals surface area contributed by atoms with E-state index in [-0.39, 0.29) is 26.2 Å². The maximum Gasteiger partial charge on any atom is 0.472 e. The molecule has 4 unspecified atom stereocenters. The molecule has 0 aliphatic heterocycles. The number of carbonyl (C=O) groups is 1. The number of hydrogen-bond donors (Lipinski definition) is 5. The molecule has 0 radical (unpaired) electrons. The maximum absolute atomic E-state index is 12.8. The van der Waals surface area contributed by atoms with Crippen molar-refractivity contribution in [1.82, 2.24) is 5.32 Å². The van der Waals surface area contributed by atoms with Crippen LogP contribution in [0.15, 0.2) is 0 Å². The summed E-state index contributed by atoms with van der Waals surface area (Å²) in [7, 11) is -4.37. The second-order valence-corrected chi connectivity index (χ2v) is 17.3. The zero-order chi connectivity index (χ0) is 39.1. The largest absolute Gasteiger partial charge is 0.472 e. The van der Waals surface area contributed by atoms with Crippen molar-refractivity contribution >= 4 is 13.7 Å². The van der Waals surface area contributed by atoms with Crippen molar-refractivity contribution in [2.24, 2.45) is 5.73 Å². The average molecular weight is 777 g/mol. The molecule has 9 nitrogen and oxygen atoms in total. The van der Waals surface area contributed by atoms with Gasteiger partial charge in [-0.15, -0.1) is 0 Å². The minimum Gasteiger partial charge on any atom is -0.393 e. The van der Waals surface area contributed by atoms with Gasteiger partial charge in [-0.25, -0.2) is 4.57 Å². The predicted octanol–water partition coefficient (Wildman–Crippen LogP) is 11.6. The van der Waals surface area contributed by atoms with Gasteiger partial charge in [0.1, 0.15) is 0 Å². The SMILES string of the molecule is CCCCCCCCCCCCCCCCCCCCCCCC(O)C(COP(=O)(O)OCCN)NC(=O)CC(O)CCCCCCCCCCCC.